The van der Waals surface area contributed by atoms with Crippen LogP contribution in [0, 0.1) is 11.6 Å². The Morgan fingerprint density at radius 3 is 2.67 bits per heavy atom. The van der Waals surface area contributed by atoms with E-state index < -0.39 is 22.8 Å². The molecule has 6 heteroatoms. The number of rotatable bonds is 3. The van der Waals surface area contributed by atoms with E-state index in [-0.39, 0.29) is 17.9 Å². The molecule has 0 aromatic heterocycles. The van der Waals surface area contributed by atoms with E-state index in [1.807, 2.05) is 0 Å². The van der Waals surface area contributed by atoms with Crippen LogP contribution in [0.1, 0.15) is 11.7 Å². The van der Waals surface area contributed by atoms with Gasteiger partial charge in [0.1, 0.15) is 16.6 Å². The Morgan fingerprint density at radius 2 is 2.20 bits per heavy atom. The molecule has 0 saturated carbocycles. The fourth-order valence-electron chi connectivity index (χ4n) is 1.18. The molecule has 0 aliphatic rings. The smallest absolute Gasteiger partial charge is 0.154 e. The zero-order chi connectivity index (χ0) is 11.6. The van der Waals surface area contributed by atoms with Crippen LogP contribution >= 0.6 is 11.6 Å². The van der Waals surface area contributed by atoms with Crippen molar-refractivity contribution < 1.29 is 18.6 Å². The number of ether oxygens (including phenoxy) is 1. The van der Waals surface area contributed by atoms with Gasteiger partial charge in [-0.05, 0) is 0 Å². The molecule has 0 amide bonds. The van der Waals surface area contributed by atoms with Crippen LogP contribution in [0.4, 0.5) is 8.78 Å². The highest BCUT2D eigenvalue weighted by Crippen LogP contribution is 2.33. The van der Waals surface area contributed by atoms with Crippen LogP contribution in [-0.2, 0) is 0 Å². The monoisotopic (exact) mass is 237 g/mol. The van der Waals surface area contributed by atoms with Gasteiger partial charge in [-0.15, -0.1) is 0 Å². The van der Waals surface area contributed by atoms with Gasteiger partial charge in [0.2, 0.25) is 0 Å². The van der Waals surface area contributed by atoms with E-state index in [0.29, 0.717) is 0 Å². The molecule has 0 radical (unpaired) electrons. The molecule has 0 fully saturated rings. The summed E-state index contributed by atoms with van der Waals surface area (Å²) < 4.78 is 31.2. The number of halogens is 3. The summed E-state index contributed by atoms with van der Waals surface area (Å²) in [6.07, 6.45) is -1.28. The van der Waals surface area contributed by atoms with Crippen LogP contribution < -0.4 is 10.5 Å². The normalized spacial score (nSPS) is 12.7. The third-order valence-electron chi connectivity index (χ3n) is 1.94. The number of aliphatic hydroxyl groups is 1. The lowest BCUT2D eigenvalue weighted by atomic mass is 10.1. The Kier molecular flexibility index (Phi) is 3.84. The molecule has 0 heterocycles. The van der Waals surface area contributed by atoms with Crippen LogP contribution in [0.25, 0.3) is 0 Å². The molecule has 1 rings (SSSR count). The maximum absolute atomic E-state index is 13.5. The average Bonchev–Trinajstić information content (AvgIpc) is 2.24. The van der Waals surface area contributed by atoms with Gasteiger partial charge in [0.25, 0.3) is 0 Å². The van der Waals surface area contributed by atoms with Gasteiger partial charge in [0, 0.05) is 12.6 Å². The van der Waals surface area contributed by atoms with E-state index in [1.54, 1.807) is 0 Å². The highest BCUT2D eigenvalue weighted by atomic mass is 35.5. The maximum atomic E-state index is 13.5. The Balaban J connectivity index is 3.40. The molecular formula is C9H10ClF2NO2. The first-order valence-electron chi connectivity index (χ1n) is 4.12. The van der Waals surface area contributed by atoms with E-state index in [1.165, 1.54) is 7.11 Å². The van der Waals surface area contributed by atoms with Crippen molar-refractivity contribution in [3.05, 3.63) is 28.3 Å². The molecule has 3 nitrogen and oxygen atoms in total. The highest BCUT2D eigenvalue weighted by molar-refractivity contribution is 6.31. The van der Waals surface area contributed by atoms with Crippen molar-refractivity contribution in [2.75, 3.05) is 13.7 Å². The predicted molar refractivity (Wildman–Crippen MR) is 51.9 cm³/mol. The van der Waals surface area contributed by atoms with Crippen LogP contribution in [0.2, 0.25) is 5.02 Å². The zero-order valence-electron chi connectivity index (χ0n) is 7.93. The second-order valence-corrected chi connectivity index (χ2v) is 3.23. The summed E-state index contributed by atoms with van der Waals surface area (Å²) in [4.78, 5) is 0. The Labute approximate surface area is 90.4 Å². The molecule has 1 unspecified atom stereocenters. The second kappa shape index (κ2) is 4.74. The molecule has 15 heavy (non-hydrogen) atoms. The summed E-state index contributed by atoms with van der Waals surface area (Å²) >= 11 is 5.36. The fourth-order valence-corrected chi connectivity index (χ4v) is 1.34. The summed E-state index contributed by atoms with van der Waals surface area (Å²) in [5.41, 5.74) is 4.95. The summed E-state index contributed by atoms with van der Waals surface area (Å²) in [5, 5.41) is 8.73. The first kappa shape index (κ1) is 12.2. The number of nitrogens with two attached hydrogens (primary N) is 1. The summed E-state index contributed by atoms with van der Waals surface area (Å²) in [6, 6.07) is 0.902. The van der Waals surface area contributed by atoms with Crippen molar-refractivity contribution in [2.45, 2.75) is 6.10 Å². The Morgan fingerprint density at radius 1 is 1.60 bits per heavy atom. The standard InChI is InChI=1S/C9H10ClF2NO2/c1-15-6-2-4(11)8(10)9(12)7(6)5(14)3-13/h2,5,14H,3,13H2,1H3. The molecule has 0 spiro atoms. The quantitative estimate of drug-likeness (QED) is 0.786. The van der Waals surface area contributed by atoms with Crippen LogP contribution in [0.5, 0.6) is 5.75 Å². The van der Waals surface area contributed by atoms with Gasteiger partial charge in [-0.3, -0.25) is 0 Å². The number of hydrogen-bond acceptors (Lipinski definition) is 3. The molecule has 0 bridgehead atoms. The molecule has 0 aliphatic heterocycles. The first-order valence-corrected chi connectivity index (χ1v) is 4.50. The third kappa shape index (κ3) is 2.19. The number of methoxy groups -OCH3 is 1. The van der Waals surface area contributed by atoms with Gasteiger partial charge in [-0.1, -0.05) is 11.6 Å². The summed E-state index contributed by atoms with van der Waals surface area (Å²) in [5.74, 6) is -2.11. The van der Waals surface area contributed by atoms with Crippen molar-refractivity contribution in [2.24, 2.45) is 5.73 Å². The van der Waals surface area contributed by atoms with Gasteiger partial charge < -0.3 is 15.6 Å². The average molecular weight is 238 g/mol. The topological polar surface area (TPSA) is 55.5 Å². The molecule has 84 valence electrons. The van der Waals surface area contributed by atoms with Gasteiger partial charge in [-0.25, -0.2) is 8.78 Å². The Hall–Kier alpha value is -0.910. The molecule has 0 saturated heterocycles. The van der Waals surface area contributed by atoms with Gasteiger partial charge >= 0.3 is 0 Å². The SMILES string of the molecule is COc1cc(F)c(Cl)c(F)c1C(O)CN. The minimum absolute atomic E-state index is 0.118. The van der Waals surface area contributed by atoms with E-state index in [0.717, 1.165) is 6.07 Å². The van der Waals surface area contributed by atoms with Crippen molar-refractivity contribution >= 4 is 11.6 Å². The van der Waals surface area contributed by atoms with E-state index in [9.17, 15) is 13.9 Å². The summed E-state index contributed by atoms with van der Waals surface area (Å²) in [7, 11) is 1.23. The number of hydrogen-bond donors (Lipinski definition) is 2. The lowest BCUT2D eigenvalue weighted by molar-refractivity contribution is 0.176. The van der Waals surface area contributed by atoms with Crippen LogP contribution in [0.3, 0.4) is 0 Å². The minimum Gasteiger partial charge on any atom is -0.496 e. The molecular weight excluding hydrogens is 228 g/mol. The Bertz CT molecular complexity index is 374. The predicted octanol–water partition coefficient (Wildman–Crippen LogP) is 1.62. The largest absolute Gasteiger partial charge is 0.496 e. The maximum Gasteiger partial charge on any atom is 0.154 e. The van der Waals surface area contributed by atoms with Crippen molar-refractivity contribution in [3.8, 4) is 5.75 Å². The fraction of sp³-hybridized carbons (Fsp3) is 0.333. The highest BCUT2D eigenvalue weighted by Gasteiger charge is 2.22. The zero-order valence-corrected chi connectivity index (χ0v) is 8.68. The van der Waals surface area contributed by atoms with Gasteiger partial charge in [0.15, 0.2) is 5.82 Å². The lowest BCUT2D eigenvalue weighted by Crippen LogP contribution is -2.15. The number of aliphatic hydroxyl groups excluding tert-OH is 1. The van der Waals surface area contributed by atoms with Crippen molar-refractivity contribution in [3.63, 3.8) is 0 Å². The molecule has 1 atom stereocenters. The van der Waals surface area contributed by atoms with Crippen LogP contribution in [0.15, 0.2) is 6.07 Å². The molecule has 3 N–H and O–H groups in total. The third-order valence-corrected chi connectivity index (χ3v) is 2.28. The molecule has 1 aromatic rings. The van der Waals surface area contributed by atoms with Crippen LogP contribution in [-0.4, -0.2) is 18.8 Å². The van der Waals surface area contributed by atoms with E-state index in [4.69, 9.17) is 22.1 Å². The van der Waals surface area contributed by atoms with E-state index >= 15 is 0 Å². The van der Waals surface area contributed by atoms with Crippen molar-refractivity contribution in [1.82, 2.24) is 0 Å². The summed E-state index contributed by atoms with van der Waals surface area (Å²) in [6.45, 7) is -0.213. The first-order chi connectivity index (χ1) is 7.02. The van der Waals surface area contributed by atoms with Gasteiger partial charge in [0.05, 0.1) is 18.8 Å². The van der Waals surface area contributed by atoms with Crippen molar-refractivity contribution in [1.29, 1.82) is 0 Å². The number of benzene rings is 1. The second-order valence-electron chi connectivity index (χ2n) is 2.85. The molecule has 0 aliphatic carbocycles. The lowest BCUT2D eigenvalue weighted by Gasteiger charge is -2.15. The van der Waals surface area contributed by atoms with Gasteiger partial charge in [-0.2, -0.15) is 0 Å². The molecule has 1 aromatic carbocycles. The minimum atomic E-state index is -1.28. The van der Waals surface area contributed by atoms with E-state index in [2.05, 4.69) is 0 Å².